The maximum atomic E-state index is 8.36. The third-order valence-electron chi connectivity index (χ3n) is 1.13. The third-order valence-corrected chi connectivity index (χ3v) is 1.13. The first kappa shape index (κ1) is 6.72. The molecule has 0 atom stereocenters. The highest BCUT2D eigenvalue weighted by molar-refractivity contribution is 5.26. The van der Waals surface area contributed by atoms with Gasteiger partial charge in [-0.05, 0) is 12.1 Å². The van der Waals surface area contributed by atoms with Crippen LogP contribution in [-0.2, 0) is 6.54 Å². The lowest BCUT2D eigenvalue weighted by Crippen LogP contribution is -1.89. The molecule has 0 bridgehead atoms. The summed E-state index contributed by atoms with van der Waals surface area (Å²) in [5, 5.41) is 8.36. The Balaban J connectivity index is 2.93. The van der Waals surface area contributed by atoms with Crippen LogP contribution in [0.2, 0.25) is 0 Å². The van der Waals surface area contributed by atoms with Gasteiger partial charge in [0, 0.05) is 6.20 Å². The van der Waals surface area contributed by atoms with Crippen LogP contribution in [-0.4, -0.2) is 4.98 Å². The quantitative estimate of drug-likeness (QED) is 0.565. The SMILES string of the molecule is N#Cc1ccc(C[NH])nc1. The molecule has 0 aromatic carbocycles. The summed E-state index contributed by atoms with van der Waals surface area (Å²) in [6.45, 7) is 0.172. The summed E-state index contributed by atoms with van der Waals surface area (Å²) in [5.41, 5.74) is 8.16. The Labute approximate surface area is 59.1 Å². The minimum atomic E-state index is 0.172. The van der Waals surface area contributed by atoms with Crippen molar-refractivity contribution < 1.29 is 0 Å². The Morgan fingerprint density at radius 2 is 2.40 bits per heavy atom. The second-order valence-electron chi connectivity index (χ2n) is 1.83. The average molecular weight is 132 g/mol. The summed E-state index contributed by atoms with van der Waals surface area (Å²) < 4.78 is 0. The number of hydrogen-bond donors (Lipinski definition) is 0. The Kier molecular flexibility index (Phi) is 1.98. The molecule has 49 valence electrons. The largest absolute Gasteiger partial charge is 0.259 e. The van der Waals surface area contributed by atoms with Gasteiger partial charge in [0.1, 0.15) is 6.07 Å². The first-order valence-corrected chi connectivity index (χ1v) is 2.86. The van der Waals surface area contributed by atoms with Crippen LogP contribution in [0.15, 0.2) is 18.3 Å². The van der Waals surface area contributed by atoms with Crippen LogP contribution in [0.5, 0.6) is 0 Å². The molecule has 0 amide bonds. The van der Waals surface area contributed by atoms with Gasteiger partial charge in [0.2, 0.25) is 0 Å². The number of aromatic nitrogens is 1. The Hall–Kier alpha value is -1.40. The van der Waals surface area contributed by atoms with Gasteiger partial charge in [-0.1, -0.05) is 0 Å². The van der Waals surface area contributed by atoms with Gasteiger partial charge in [-0.2, -0.15) is 5.26 Å². The second-order valence-corrected chi connectivity index (χ2v) is 1.83. The maximum Gasteiger partial charge on any atom is 0.101 e. The highest BCUT2D eigenvalue weighted by Crippen LogP contribution is 1.96. The van der Waals surface area contributed by atoms with E-state index < -0.39 is 0 Å². The van der Waals surface area contributed by atoms with Crippen LogP contribution >= 0.6 is 0 Å². The van der Waals surface area contributed by atoms with Crippen LogP contribution in [0.3, 0.4) is 0 Å². The molecule has 1 radical (unpaired) electrons. The minimum absolute atomic E-state index is 0.172. The average Bonchev–Trinajstić information content (AvgIpc) is 2.05. The smallest absolute Gasteiger partial charge is 0.101 e. The summed E-state index contributed by atoms with van der Waals surface area (Å²) in [6.07, 6.45) is 1.48. The summed E-state index contributed by atoms with van der Waals surface area (Å²) in [5.74, 6) is 0. The molecule has 0 spiro atoms. The molecule has 10 heavy (non-hydrogen) atoms. The van der Waals surface area contributed by atoms with Crippen molar-refractivity contribution in [3.8, 4) is 6.07 Å². The van der Waals surface area contributed by atoms with Crippen LogP contribution < -0.4 is 5.73 Å². The molecular formula is C7H6N3. The molecule has 3 heteroatoms. The molecule has 1 heterocycles. The van der Waals surface area contributed by atoms with Gasteiger partial charge >= 0.3 is 0 Å². The van der Waals surface area contributed by atoms with Gasteiger partial charge in [-0.25, -0.2) is 0 Å². The van der Waals surface area contributed by atoms with Crippen molar-refractivity contribution in [3.05, 3.63) is 29.6 Å². The molecule has 0 saturated carbocycles. The highest BCUT2D eigenvalue weighted by atomic mass is 14.7. The number of nitrogens with zero attached hydrogens (tertiary/aromatic N) is 2. The van der Waals surface area contributed by atoms with E-state index in [1.54, 1.807) is 12.1 Å². The first-order valence-electron chi connectivity index (χ1n) is 2.86. The van der Waals surface area contributed by atoms with Crippen molar-refractivity contribution >= 4 is 0 Å². The van der Waals surface area contributed by atoms with E-state index in [1.807, 2.05) is 6.07 Å². The molecular weight excluding hydrogens is 126 g/mol. The Morgan fingerprint density at radius 1 is 1.60 bits per heavy atom. The Bertz CT molecular complexity index is 245. The molecule has 0 fully saturated rings. The molecule has 1 rings (SSSR count). The van der Waals surface area contributed by atoms with Gasteiger partial charge in [0.25, 0.3) is 0 Å². The summed E-state index contributed by atoms with van der Waals surface area (Å²) in [6, 6.07) is 5.30. The zero-order valence-corrected chi connectivity index (χ0v) is 5.33. The van der Waals surface area contributed by atoms with Crippen LogP contribution in [0.1, 0.15) is 11.3 Å². The molecule has 0 unspecified atom stereocenters. The van der Waals surface area contributed by atoms with Crippen molar-refractivity contribution in [2.24, 2.45) is 0 Å². The van der Waals surface area contributed by atoms with E-state index in [1.165, 1.54) is 6.20 Å². The molecule has 0 saturated heterocycles. The molecule has 3 nitrogen and oxygen atoms in total. The van der Waals surface area contributed by atoms with Crippen LogP contribution in [0.4, 0.5) is 0 Å². The van der Waals surface area contributed by atoms with Crippen molar-refractivity contribution in [1.82, 2.24) is 10.7 Å². The number of pyridine rings is 1. The lowest BCUT2D eigenvalue weighted by atomic mass is 10.3. The predicted octanol–water partition coefficient (Wildman–Crippen LogP) is 0.736. The van der Waals surface area contributed by atoms with Gasteiger partial charge < -0.3 is 0 Å². The predicted molar refractivity (Wildman–Crippen MR) is 35.8 cm³/mol. The summed E-state index contributed by atoms with van der Waals surface area (Å²) >= 11 is 0. The Morgan fingerprint density at radius 3 is 2.80 bits per heavy atom. The zero-order valence-electron chi connectivity index (χ0n) is 5.33. The maximum absolute atomic E-state index is 8.36. The van der Waals surface area contributed by atoms with E-state index >= 15 is 0 Å². The van der Waals surface area contributed by atoms with Crippen molar-refractivity contribution in [2.45, 2.75) is 6.54 Å². The van der Waals surface area contributed by atoms with E-state index in [0.29, 0.717) is 11.3 Å². The fourth-order valence-electron chi connectivity index (χ4n) is 0.595. The van der Waals surface area contributed by atoms with Gasteiger partial charge in [0.05, 0.1) is 17.8 Å². The molecule has 1 N–H and O–H groups in total. The fourth-order valence-corrected chi connectivity index (χ4v) is 0.595. The lowest BCUT2D eigenvalue weighted by Gasteiger charge is -1.91. The highest BCUT2D eigenvalue weighted by Gasteiger charge is 1.90. The van der Waals surface area contributed by atoms with E-state index in [0.717, 1.165) is 0 Å². The molecule has 1 aromatic heterocycles. The van der Waals surface area contributed by atoms with E-state index in [-0.39, 0.29) is 6.54 Å². The molecule has 0 aliphatic carbocycles. The minimum Gasteiger partial charge on any atom is -0.259 e. The second kappa shape index (κ2) is 2.95. The van der Waals surface area contributed by atoms with Crippen molar-refractivity contribution in [3.63, 3.8) is 0 Å². The van der Waals surface area contributed by atoms with Crippen molar-refractivity contribution in [1.29, 1.82) is 5.26 Å². The zero-order chi connectivity index (χ0) is 7.40. The van der Waals surface area contributed by atoms with E-state index in [2.05, 4.69) is 4.98 Å². The van der Waals surface area contributed by atoms with Crippen molar-refractivity contribution in [2.75, 3.05) is 0 Å². The first-order chi connectivity index (χ1) is 4.86. The fraction of sp³-hybridized carbons (Fsp3) is 0.143. The number of hydrogen-bond acceptors (Lipinski definition) is 2. The monoisotopic (exact) mass is 132 g/mol. The van der Waals surface area contributed by atoms with Gasteiger partial charge in [0.15, 0.2) is 0 Å². The number of nitrogens with one attached hydrogen (secondary N) is 1. The molecule has 0 aliphatic rings. The van der Waals surface area contributed by atoms with Gasteiger partial charge in [-0.3, -0.25) is 10.7 Å². The van der Waals surface area contributed by atoms with Crippen LogP contribution in [0.25, 0.3) is 0 Å². The van der Waals surface area contributed by atoms with Crippen LogP contribution in [0, 0.1) is 11.3 Å². The lowest BCUT2D eigenvalue weighted by molar-refractivity contribution is 0.958. The van der Waals surface area contributed by atoms with E-state index in [9.17, 15) is 0 Å². The molecule has 0 aliphatic heterocycles. The normalized spacial score (nSPS) is 8.80. The summed E-state index contributed by atoms with van der Waals surface area (Å²) in [4.78, 5) is 3.86. The third kappa shape index (κ3) is 1.30. The number of nitriles is 1. The van der Waals surface area contributed by atoms with E-state index in [4.69, 9.17) is 11.0 Å². The topological polar surface area (TPSA) is 60.5 Å². The standard InChI is InChI=1S/C7H6N3/c8-3-6-1-2-7(4-9)10-5-6/h1-2,5,9H,4H2. The van der Waals surface area contributed by atoms with Gasteiger partial charge in [-0.15, -0.1) is 0 Å². The number of rotatable bonds is 1. The summed E-state index contributed by atoms with van der Waals surface area (Å²) in [7, 11) is 0. The molecule has 1 aromatic rings.